The van der Waals surface area contributed by atoms with Gasteiger partial charge >= 0.3 is 0 Å². The van der Waals surface area contributed by atoms with E-state index in [1.54, 1.807) is 0 Å². The van der Waals surface area contributed by atoms with Gasteiger partial charge in [-0.15, -0.1) is 0 Å². The van der Waals surface area contributed by atoms with Crippen LogP contribution in [0.3, 0.4) is 0 Å². The van der Waals surface area contributed by atoms with Crippen LogP contribution in [0.1, 0.15) is 96.8 Å². The van der Waals surface area contributed by atoms with Crippen molar-refractivity contribution in [2.24, 2.45) is 5.92 Å². The van der Waals surface area contributed by atoms with Gasteiger partial charge in [0.1, 0.15) is 0 Å². The van der Waals surface area contributed by atoms with Crippen molar-refractivity contribution in [1.29, 1.82) is 0 Å². The van der Waals surface area contributed by atoms with Crippen LogP contribution in [0.25, 0.3) is 0 Å². The average molecular weight is 268 g/mol. The van der Waals surface area contributed by atoms with Gasteiger partial charge < -0.3 is 6.15 Å². The molecule has 0 saturated heterocycles. The maximum atomic E-state index is 2.40. The standard InChI is InChI=1S/C18H34.H3N/c1-2-3-4-12-15-18-16-13-10-8-6-5-7-9-11-14-17-18;/h3-4,18H,2,5-17H2,1H3;1H3. The zero-order chi connectivity index (χ0) is 12.9. The first-order chi connectivity index (χ1) is 8.93. The molecule has 114 valence electrons. The zero-order valence-electron chi connectivity index (χ0n) is 13.3. The van der Waals surface area contributed by atoms with Gasteiger partial charge in [-0.1, -0.05) is 89.7 Å². The Morgan fingerprint density at radius 1 is 0.737 bits per heavy atom. The molecule has 1 aliphatic carbocycles. The summed E-state index contributed by atoms with van der Waals surface area (Å²) < 4.78 is 0. The Bertz CT molecular complexity index is 186. The van der Waals surface area contributed by atoms with Crippen molar-refractivity contribution in [2.45, 2.75) is 96.8 Å². The molecule has 0 atom stereocenters. The molecule has 1 nitrogen and oxygen atoms in total. The van der Waals surface area contributed by atoms with Crippen LogP contribution in [0, 0.1) is 5.92 Å². The topological polar surface area (TPSA) is 35.0 Å². The van der Waals surface area contributed by atoms with Gasteiger partial charge in [-0.3, -0.25) is 0 Å². The van der Waals surface area contributed by atoms with E-state index in [2.05, 4.69) is 19.1 Å². The minimum absolute atomic E-state index is 0. The van der Waals surface area contributed by atoms with Gasteiger partial charge in [0.05, 0.1) is 0 Å². The Kier molecular flexibility index (Phi) is 13.9. The van der Waals surface area contributed by atoms with Gasteiger partial charge in [-0.2, -0.15) is 0 Å². The summed E-state index contributed by atoms with van der Waals surface area (Å²) in [4.78, 5) is 0. The number of allylic oxidation sites excluding steroid dienone is 2. The van der Waals surface area contributed by atoms with Crippen molar-refractivity contribution in [3.05, 3.63) is 12.2 Å². The first-order valence-corrected chi connectivity index (χ1v) is 8.58. The van der Waals surface area contributed by atoms with Crippen molar-refractivity contribution in [1.82, 2.24) is 6.15 Å². The maximum absolute atomic E-state index is 2.40. The summed E-state index contributed by atoms with van der Waals surface area (Å²) in [6, 6.07) is 0. The van der Waals surface area contributed by atoms with Crippen molar-refractivity contribution < 1.29 is 0 Å². The first-order valence-electron chi connectivity index (χ1n) is 8.58. The van der Waals surface area contributed by atoms with E-state index < -0.39 is 0 Å². The van der Waals surface area contributed by atoms with E-state index in [9.17, 15) is 0 Å². The molecule has 1 heteroatoms. The normalized spacial score (nSPS) is 20.5. The highest BCUT2D eigenvalue weighted by Crippen LogP contribution is 2.24. The Balaban J connectivity index is 0.00000324. The molecule has 0 amide bonds. The van der Waals surface area contributed by atoms with E-state index in [-0.39, 0.29) is 6.15 Å². The highest BCUT2D eigenvalue weighted by molar-refractivity contribution is 4.81. The fourth-order valence-corrected chi connectivity index (χ4v) is 3.15. The second-order valence-electron chi connectivity index (χ2n) is 6.08. The fourth-order valence-electron chi connectivity index (χ4n) is 3.15. The molecule has 1 fully saturated rings. The second kappa shape index (κ2) is 14.1. The van der Waals surface area contributed by atoms with Crippen molar-refractivity contribution >= 4 is 0 Å². The number of hydrogen-bond donors (Lipinski definition) is 1. The molecule has 0 aliphatic heterocycles. The van der Waals surface area contributed by atoms with E-state index in [1.807, 2.05) is 0 Å². The number of hydrogen-bond acceptors (Lipinski definition) is 1. The third-order valence-electron chi connectivity index (χ3n) is 4.37. The van der Waals surface area contributed by atoms with Crippen LogP contribution in [0.4, 0.5) is 0 Å². The smallest absolute Gasteiger partial charge is 0.0348 e. The van der Waals surface area contributed by atoms with E-state index in [1.165, 1.54) is 89.9 Å². The summed E-state index contributed by atoms with van der Waals surface area (Å²) in [5.41, 5.74) is 0. The van der Waals surface area contributed by atoms with Crippen LogP contribution in [-0.4, -0.2) is 0 Å². The lowest BCUT2D eigenvalue weighted by Gasteiger charge is -2.17. The quantitative estimate of drug-likeness (QED) is 0.557. The summed E-state index contributed by atoms with van der Waals surface area (Å²) in [5.74, 6) is 1.02. The first kappa shape index (κ1) is 18.7. The highest BCUT2D eigenvalue weighted by atomic mass is 14.1. The lowest BCUT2D eigenvalue weighted by atomic mass is 9.89. The van der Waals surface area contributed by atoms with Crippen molar-refractivity contribution in [3.63, 3.8) is 0 Å². The summed E-state index contributed by atoms with van der Waals surface area (Å²) in [7, 11) is 0. The minimum Gasteiger partial charge on any atom is -0.344 e. The molecule has 1 rings (SSSR count). The Hall–Kier alpha value is -0.300. The summed E-state index contributed by atoms with van der Waals surface area (Å²) >= 11 is 0. The van der Waals surface area contributed by atoms with Gasteiger partial charge in [-0.25, -0.2) is 0 Å². The molecule has 0 unspecified atom stereocenters. The van der Waals surface area contributed by atoms with Crippen molar-refractivity contribution in [3.8, 4) is 0 Å². The highest BCUT2D eigenvalue weighted by Gasteiger charge is 2.08. The van der Waals surface area contributed by atoms with E-state index in [0.717, 1.165) is 5.92 Å². The third-order valence-corrected chi connectivity index (χ3v) is 4.37. The lowest BCUT2D eigenvalue weighted by Crippen LogP contribution is -2.01. The molecular formula is C18H37N. The lowest BCUT2D eigenvalue weighted by molar-refractivity contribution is 0.376. The molecule has 0 aromatic heterocycles. The van der Waals surface area contributed by atoms with Gasteiger partial charge in [0.15, 0.2) is 0 Å². The molecule has 19 heavy (non-hydrogen) atoms. The molecule has 0 bridgehead atoms. The molecular weight excluding hydrogens is 230 g/mol. The zero-order valence-corrected chi connectivity index (χ0v) is 13.3. The van der Waals surface area contributed by atoms with E-state index in [4.69, 9.17) is 0 Å². The molecule has 3 N–H and O–H groups in total. The minimum atomic E-state index is 0. The van der Waals surface area contributed by atoms with Gasteiger partial charge in [-0.05, 0) is 25.2 Å². The fraction of sp³-hybridized carbons (Fsp3) is 0.889. The molecule has 0 heterocycles. The predicted octanol–water partition coefficient (Wildman–Crippen LogP) is 6.82. The van der Waals surface area contributed by atoms with E-state index >= 15 is 0 Å². The SMILES string of the molecule is CCC=CCCC1CCCCCCCCCCC1.N. The maximum Gasteiger partial charge on any atom is -0.0348 e. The molecule has 0 aromatic rings. The van der Waals surface area contributed by atoms with Gasteiger partial charge in [0, 0.05) is 0 Å². The summed E-state index contributed by atoms with van der Waals surface area (Å²) in [5, 5.41) is 0. The second-order valence-corrected chi connectivity index (χ2v) is 6.08. The average Bonchev–Trinajstić information content (AvgIpc) is 2.37. The predicted molar refractivity (Wildman–Crippen MR) is 88.0 cm³/mol. The Morgan fingerprint density at radius 3 is 1.68 bits per heavy atom. The van der Waals surface area contributed by atoms with Gasteiger partial charge in [0.2, 0.25) is 0 Å². The van der Waals surface area contributed by atoms with Crippen LogP contribution in [0.5, 0.6) is 0 Å². The molecule has 1 aliphatic rings. The number of rotatable bonds is 4. The van der Waals surface area contributed by atoms with Crippen LogP contribution < -0.4 is 6.15 Å². The molecule has 1 saturated carbocycles. The van der Waals surface area contributed by atoms with Crippen LogP contribution in [0.15, 0.2) is 12.2 Å². The van der Waals surface area contributed by atoms with Crippen molar-refractivity contribution in [2.75, 3.05) is 0 Å². The van der Waals surface area contributed by atoms with Crippen LogP contribution in [0.2, 0.25) is 0 Å². The van der Waals surface area contributed by atoms with Gasteiger partial charge in [0.25, 0.3) is 0 Å². The summed E-state index contributed by atoms with van der Waals surface area (Å²) in [6.07, 6.45) is 25.1. The third kappa shape index (κ3) is 11.2. The largest absolute Gasteiger partial charge is 0.344 e. The summed E-state index contributed by atoms with van der Waals surface area (Å²) in [6.45, 7) is 2.23. The monoisotopic (exact) mass is 267 g/mol. The van der Waals surface area contributed by atoms with Crippen LogP contribution >= 0.6 is 0 Å². The van der Waals surface area contributed by atoms with E-state index in [0.29, 0.717) is 0 Å². The Labute approximate surface area is 121 Å². The molecule has 0 spiro atoms. The molecule has 0 aromatic carbocycles. The Morgan fingerprint density at radius 2 is 1.21 bits per heavy atom. The van der Waals surface area contributed by atoms with Crippen LogP contribution in [-0.2, 0) is 0 Å². The molecule has 0 radical (unpaired) electrons.